The number of amides is 1. The monoisotopic (exact) mass is 443 g/mol. The summed E-state index contributed by atoms with van der Waals surface area (Å²) >= 11 is 0. The topological polar surface area (TPSA) is 95.1 Å². The fourth-order valence-electron chi connectivity index (χ4n) is 3.88. The number of carbonyl (C=O) groups is 1. The van der Waals surface area contributed by atoms with Crippen LogP contribution in [-0.4, -0.2) is 26.5 Å². The summed E-state index contributed by atoms with van der Waals surface area (Å²) < 4.78 is 7.87. The molecule has 3 N–H and O–H groups in total. The molecule has 0 radical (unpaired) electrons. The zero-order valence-corrected chi connectivity index (χ0v) is 19.4. The van der Waals surface area contributed by atoms with Gasteiger partial charge in [-0.1, -0.05) is 31.2 Å². The molecule has 4 aromatic rings. The lowest BCUT2D eigenvalue weighted by Crippen LogP contribution is -2.33. The van der Waals surface area contributed by atoms with E-state index in [0.29, 0.717) is 18.0 Å². The molecule has 7 nitrogen and oxygen atoms in total. The summed E-state index contributed by atoms with van der Waals surface area (Å²) in [5.41, 5.74) is 9.48. The molecule has 2 unspecified atom stereocenters. The van der Waals surface area contributed by atoms with E-state index in [1.807, 2.05) is 51.2 Å². The molecule has 2 atom stereocenters. The summed E-state index contributed by atoms with van der Waals surface area (Å²) in [6, 6.07) is 18.0. The fraction of sp³-hybridized carbons (Fsp3) is 0.269. The summed E-state index contributed by atoms with van der Waals surface area (Å²) in [6.45, 7) is 5.81. The van der Waals surface area contributed by atoms with Gasteiger partial charge >= 0.3 is 0 Å². The molecule has 7 heteroatoms. The molecule has 0 saturated heterocycles. The standard InChI is InChI=1S/C26H29N5O2/c1-5-24(26(27)32)33-21-8-6-7-19(13-21)16(2)28-25-15-22(29-17(3)30-25)20-10-9-18-11-12-31(4)23(18)14-20/h6-16,24H,5H2,1-4H3,(H2,27,32)(H,28,29,30). The van der Waals surface area contributed by atoms with Crippen molar-refractivity contribution in [3.8, 4) is 17.0 Å². The second-order valence-electron chi connectivity index (χ2n) is 8.24. The van der Waals surface area contributed by atoms with E-state index in [-0.39, 0.29) is 6.04 Å². The zero-order valence-electron chi connectivity index (χ0n) is 19.4. The number of aryl methyl sites for hydroxylation is 2. The van der Waals surface area contributed by atoms with Crippen molar-refractivity contribution >= 4 is 22.6 Å². The Kier molecular flexibility index (Phi) is 6.31. The number of aromatic nitrogens is 3. The van der Waals surface area contributed by atoms with Crippen molar-refractivity contribution in [3.05, 3.63) is 72.2 Å². The summed E-state index contributed by atoms with van der Waals surface area (Å²) in [5, 5.41) is 4.66. The summed E-state index contributed by atoms with van der Waals surface area (Å²) in [7, 11) is 2.04. The highest BCUT2D eigenvalue weighted by molar-refractivity contribution is 5.85. The number of rotatable bonds is 8. The van der Waals surface area contributed by atoms with E-state index in [1.165, 1.54) is 5.39 Å². The number of fused-ring (bicyclic) bond motifs is 1. The summed E-state index contributed by atoms with van der Waals surface area (Å²) in [6.07, 6.45) is 1.93. The van der Waals surface area contributed by atoms with Gasteiger partial charge in [0, 0.05) is 30.4 Å². The molecule has 2 heterocycles. The molecule has 2 aromatic carbocycles. The van der Waals surface area contributed by atoms with Crippen LogP contribution >= 0.6 is 0 Å². The van der Waals surface area contributed by atoms with E-state index in [0.717, 1.165) is 28.2 Å². The molecule has 0 aliphatic heterocycles. The smallest absolute Gasteiger partial charge is 0.258 e. The number of hydrogen-bond acceptors (Lipinski definition) is 5. The number of carbonyl (C=O) groups excluding carboxylic acids is 1. The Bertz CT molecular complexity index is 1300. The highest BCUT2D eigenvalue weighted by atomic mass is 16.5. The molecular weight excluding hydrogens is 414 g/mol. The van der Waals surface area contributed by atoms with E-state index in [9.17, 15) is 4.79 Å². The van der Waals surface area contributed by atoms with Gasteiger partial charge in [-0.2, -0.15) is 0 Å². The number of nitrogens with zero attached hydrogens (tertiary/aromatic N) is 3. The van der Waals surface area contributed by atoms with Gasteiger partial charge in [0.2, 0.25) is 0 Å². The molecule has 0 aliphatic carbocycles. The maximum atomic E-state index is 11.5. The molecule has 1 amide bonds. The van der Waals surface area contributed by atoms with Crippen molar-refractivity contribution in [2.24, 2.45) is 12.8 Å². The first-order valence-electron chi connectivity index (χ1n) is 11.1. The van der Waals surface area contributed by atoms with Crippen LogP contribution in [0.3, 0.4) is 0 Å². The number of primary amides is 1. The van der Waals surface area contributed by atoms with Gasteiger partial charge in [0.1, 0.15) is 17.4 Å². The number of anilines is 1. The average Bonchev–Trinajstić information content (AvgIpc) is 3.17. The van der Waals surface area contributed by atoms with Crippen LogP contribution in [0.4, 0.5) is 5.82 Å². The molecule has 2 aromatic heterocycles. The lowest BCUT2D eigenvalue weighted by Gasteiger charge is -2.18. The molecule has 170 valence electrons. The SMILES string of the molecule is CCC(Oc1cccc(C(C)Nc2cc(-c3ccc4ccn(C)c4c3)nc(C)n2)c1)C(N)=O. The molecule has 0 bridgehead atoms. The van der Waals surface area contributed by atoms with Crippen LogP contribution in [0.1, 0.15) is 37.7 Å². The molecule has 0 saturated carbocycles. The van der Waals surface area contributed by atoms with Crippen LogP contribution in [-0.2, 0) is 11.8 Å². The van der Waals surface area contributed by atoms with E-state index >= 15 is 0 Å². The summed E-state index contributed by atoms with van der Waals surface area (Å²) in [4.78, 5) is 20.8. The molecule has 33 heavy (non-hydrogen) atoms. The highest BCUT2D eigenvalue weighted by Gasteiger charge is 2.16. The number of ether oxygens (including phenoxy) is 1. The number of nitrogens with two attached hydrogens (primary N) is 1. The molecule has 0 fully saturated rings. The second kappa shape index (κ2) is 9.32. The van der Waals surface area contributed by atoms with Crippen molar-refractivity contribution in [2.75, 3.05) is 5.32 Å². The normalized spacial score (nSPS) is 13.0. The van der Waals surface area contributed by atoms with E-state index in [1.54, 1.807) is 0 Å². The highest BCUT2D eigenvalue weighted by Crippen LogP contribution is 2.27. The predicted octanol–water partition coefficient (Wildman–Crippen LogP) is 4.76. The first-order valence-corrected chi connectivity index (χ1v) is 11.1. The Morgan fingerprint density at radius 1 is 1.15 bits per heavy atom. The van der Waals surface area contributed by atoms with Gasteiger partial charge < -0.3 is 20.4 Å². The molecular formula is C26H29N5O2. The average molecular weight is 444 g/mol. The number of nitrogens with one attached hydrogen (secondary N) is 1. The van der Waals surface area contributed by atoms with Crippen LogP contribution in [0, 0.1) is 6.92 Å². The largest absolute Gasteiger partial charge is 0.481 e. The van der Waals surface area contributed by atoms with Gasteiger partial charge in [0.15, 0.2) is 6.10 Å². The van der Waals surface area contributed by atoms with Gasteiger partial charge in [-0.3, -0.25) is 4.79 Å². The van der Waals surface area contributed by atoms with Gasteiger partial charge in [0.25, 0.3) is 5.91 Å². The van der Waals surface area contributed by atoms with Crippen LogP contribution < -0.4 is 15.8 Å². The third-order valence-corrected chi connectivity index (χ3v) is 5.71. The van der Waals surface area contributed by atoms with Gasteiger partial charge in [-0.25, -0.2) is 9.97 Å². The van der Waals surface area contributed by atoms with Crippen molar-refractivity contribution < 1.29 is 9.53 Å². The quantitative estimate of drug-likeness (QED) is 0.409. The maximum Gasteiger partial charge on any atom is 0.258 e. The minimum absolute atomic E-state index is 0.0419. The zero-order chi connectivity index (χ0) is 23.5. The van der Waals surface area contributed by atoms with Gasteiger partial charge in [0.05, 0.1) is 11.7 Å². The van der Waals surface area contributed by atoms with Crippen LogP contribution in [0.15, 0.2) is 60.8 Å². The van der Waals surface area contributed by atoms with Gasteiger partial charge in [-0.05, 0) is 55.5 Å². The Morgan fingerprint density at radius 2 is 1.97 bits per heavy atom. The number of hydrogen-bond donors (Lipinski definition) is 2. The van der Waals surface area contributed by atoms with Crippen molar-refractivity contribution in [1.82, 2.24) is 14.5 Å². The van der Waals surface area contributed by atoms with Crippen LogP contribution in [0.2, 0.25) is 0 Å². The van der Waals surface area contributed by atoms with E-state index in [2.05, 4.69) is 57.2 Å². The van der Waals surface area contributed by atoms with Crippen molar-refractivity contribution in [2.45, 2.75) is 39.3 Å². The molecule has 0 aliphatic rings. The third kappa shape index (κ3) is 4.98. The maximum absolute atomic E-state index is 11.5. The minimum Gasteiger partial charge on any atom is -0.481 e. The van der Waals surface area contributed by atoms with E-state index in [4.69, 9.17) is 10.5 Å². The van der Waals surface area contributed by atoms with Crippen LogP contribution in [0.5, 0.6) is 5.75 Å². The lowest BCUT2D eigenvalue weighted by molar-refractivity contribution is -0.124. The molecule has 4 rings (SSSR count). The van der Waals surface area contributed by atoms with E-state index < -0.39 is 12.0 Å². The first-order chi connectivity index (χ1) is 15.8. The Hall–Kier alpha value is -3.87. The lowest BCUT2D eigenvalue weighted by atomic mass is 10.1. The van der Waals surface area contributed by atoms with Crippen LogP contribution in [0.25, 0.3) is 22.2 Å². The Labute approximate surface area is 193 Å². The summed E-state index contributed by atoms with van der Waals surface area (Å²) in [5.74, 6) is 1.58. The van der Waals surface area contributed by atoms with Crippen molar-refractivity contribution in [3.63, 3.8) is 0 Å². The minimum atomic E-state index is -0.642. The predicted molar refractivity (Wildman–Crippen MR) is 131 cm³/mol. The first kappa shape index (κ1) is 22.3. The van der Waals surface area contributed by atoms with Gasteiger partial charge in [-0.15, -0.1) is 0 Å². The number of benzene rings is 2. The van der Waals surface area contributed by atoms with Crippen molar-refractivity contribution in [1.29, 1.82) is 0 Å². The fourth-order valence-corrected chi connectivity index (χ4v) is 3.88. The Balaban J connectivity index is 1.57. The second-order valence-corrected chi connectivity index (χ2v) is 8.24. The third-order valence-electron chi connectivity index (χ3n) is 5.71. The molecule has 0 spiro atoms. The Morgan fingerprint density at radius 3 is 2.73 bits per heavy atom.